The first-order chi connectivity index (χ1) is 11.5. The van der Waals surface area contributed by atoms with Crippen molar-refractivity contribution in [1.29, 1.82) is 0 Å². The van der Waals surface area contributed by atoms with E-state index in [9.17, 15) is 14.0 Å². The van der Waals surface area contributed by atoms with Gasteiger partial charge in [-0.2, -0.15) is 0 Å². The Bertz CT molecular complexity index is 809. The molecule has 0 radical (unpaired) electrons. The molecule has 1 aliphatic heterocycles. The summed E-state index contributed by atoms with van der Waals surface area (Å²) in [5, 5.41) is 3.06. The lowest BCUT2D eigenvalue weighted by Crippen LogP contribution is -2.33. The van der Waals surface area contributed by atoms with E-state index in [2.05, 4.69) is 5.32 Å². The molecule has 2 aromatic rings. The van der Waals surface area contributed by atoms with E-state index in [4.69, 9.17) is 11.6 Å². The van der Waals surface area contributed by atoms with Crippen molar-refractivity contribution >= 4 is 34.8 Å². The molecular weight excluding hydrogens is 331 g/mol. The van der Waals surface area contributed by atoms with Gasteiger partial charge < -0.3 is 10.2 Å². The minimum atomic E-state index is -0.829. The third-order valence-electron chi connectivity index (χ3n) is 4.12. The van der Waals surface area contributed by atoms with E-state index in [1.807, 2.05) is 13.0 Å². The number of benzene rings is 2. The zero-order valence-electron chi connectivity index (χ0n) is 13.1. The summed E-state index contributed by atoms with van der Waals surface area (Å²) in [5.41, 5.74) is 1.66. The number of hydrogen-bond acceptors (Lipinski definition) is 2. The van der Waals surface area contributed by atoms with E-state index in [1.54, 1.807) is 18.2 Å². The van der Waals surface area contributed by atoms with E-state index in [0.29, 0.717) is 23.7 Å². The van der Waals surface area contributed by atoms with Crippen molar-refractivity contribution in [2.24, 2.45) is 5.92 Å². The molecule has 2 aromatic carbocycles. The van der Waals surface area contributed by atoms with E-state index < -0.39 is 17.6 Å². The maximum absolute atomic E-state index is 13.6. The van der Waals surface area contributed by atoms with Gasteiger partial charge >= 0.3 is 0 Å². The molecule has 1 saturated heterocycles. The summed E-state index contributed by atoms with van der Waals surface area (Å²) in [6, 6.07) is 11.2. The minimum absolute atomic E-state index is 0.0760. The van der Waals surface area contributed by atoms with Gasteiger partial charge in [0.25, 0.3) is 0 Å². The quantitative estimate of drug-likeness (QED) is 0.860. The van der Waals surface area contributed by atoms with Gasteiger partial charge in [0.05, 0.1) is 5.69 Å². The van der Waals surface area contributed by atoms with Crippen LogP contribution in [0.15, 0.2) is 42.5 Å². The number of nitrogens with one attached hydrogen (secondary N) is 1. The van der Waals surface area contributed by atoms with Crippen LogP contribution in [0, 0.1) is 18.7 Å². The summed E-state index contributed by atoms with van der Waals surface area (Å²) in [6.07, 6.45) is 0.380. The molecule has 1 aliphatic rings. The van der Waals surface area contributed by atoms with E-state index >= 15 is 0 Å². The van der Waals surface area contributed by atoms with Crippen LogP contribution >= 0.6 is 11.6 Å². The predicted molar refractivity (Wildman–Crippen MR) is 91.7 cm³/mol. The van der Waals surface area contributed by atoms with Crippen LogP contribution in [0.3, 0.4) is 0 Å². The number of aryl methyl sites for hydroxylation is 1. The number of anilines is 2. The van der Waals surface area contributed by atoms with Crippen LogP contribution in [0.2, 0.25) is 5.02 Å². The highest BCUT2D eigenvalue weighted by molar-refractivity contribution is 6.31. The lowest BCUT2D eigenvalue weighted by atomic mass is 10.1. The number of halogens is 2. The summed E-state index contributed by atoms with van der Waals surface area (Å²) >= 11 is 6.10. The van der Waals surface area contributed by atoms with Crippen LogP contribution in [0.25, 0.3) is 0 Å². The molecular formula is C18H16ClFN2O2. The van der Waals surface area contributed by atoms with E-state index in [1.165, 1.54) is 23.1 Å². The first-order valence-corrected chi connectivity index (χ1v) is 7.98. The molecule has 1 heterocycles. The van der Waals surface area contributed by atoms with Gasteiger partial charge in [-0.1, -0.05) is 29.8 Å². The Labute approximate surface area is 144 Å². The zero-order chi connectivity index (χ0) is 17.3. The average Bonchev–Trinajstić information content (AvgIpc) is 2.94. The van der Waals surface area contributed by atoms with Gasteiger partial charge in [-0.25, -0.2) is 4.39 Å². The normalized spacial score (nSPS) is 17.2. The van der Waals surface area contributed by atoms with Crippen molar-refractivity contribution < 1.29 is 14.0 Å². The molecule has 0 bridgehead atoms. The van der Waals surface area contributed by atoms with Gasteiger partial charge in [0.1, 0.15) is 11.7 Å². The smallest absolute Gasteiger partial charge is 0.239 e. The van der Waals surface area contributed by atoms with Gasteiger partial charge in [-0.05, 0) is 43.2 Å². The lowest BCUT2D eigenvalue weighted by molar-refractivity contribution is -0.129. The third-order valence-corrected chi connectivity index (χ3v) is 4.53. The Morgan fingerprint density at radius 1 is 1.29 bits per heavy atom. The molecule has 3 rings (SSSR count). The van der Waals surface area contributed by atoms with Crippen molar-refractivity contribution in [3.8, 4) is 0 Å². The molecule has 24 heavy (non-hydrogen) atoms. The lowest BCUT2D eigenvalue weighted by Gasteiger charge is -2.17. The van der Waals surface area contributed by atoms with Crippen LogP contribution < -0.4 is 10.2 Å². The van der Waals surface area contributed by atoms with Crippen LogP contribution in [-0.2, 0) is 9.59 Å². The number of amides is 2. The van der Waals surface area contributed by atoms with Crippen molar-refractivity contribution in [1.82, 2.24) is 0 Å². The van der Waals surface area contributed by atoms with E-state index in [-0.39, 0.29) is 11.6 Å². The highest BCUT2D eigenvalue weighted by Crippen LogP contribution is 2.29. The maximum atomic E-state index is 13.6. The second kappa shape index (κ2) is 6.61. The first-order valence-electron chi connectivity index (χ1n) is 7.60. The molecule has 6 heteroatoms. The number of rotatable bonds is 3. The van der Waals surface area contributed by atoms with Crippen molar-refractivity contribution in [2.45, 2.75) is 13.3 Å². The molecule has 0 spiro atoms. The zero-order valence-corrected chi connectivity index (χ0v) is 13.8. The second-order valence-electron chi connectivity index (χ2n) is 5.73. The van der Waals surface area contributed by atoms with Gasteiger partial charge in [0, 0.05) is 17.3 Å². The van der Waals surface area contributed by atoms with Crippen molar-refractivity contribution in [2.75, 3.05) is 16.8 Å². The van der Waals surface area contributed by atoms with E-state index in [0.717, 1.165) is 5.56 Å². The SMILES string of the molecule is Cc1ccc(N2CCC(C(=O)Nc3ccccc3F)C2=O)cc1Cl. The van der Waals surface area contributed by atoms with Crippen molar-refractivity contribution in [3.63, 3.8) is 0 Å². The largest absolute Gasteiger partial charge is 0.323 e. The minimum Gasteiger partial charge on any atom is -0.323 e. The molecule has 1 fully saturated rings. The summed E-state index contributed by atoms with van der Waals surface area (Å²) in [4.78, 5) is 26.4. The topological polar surface area (TPSA) is 49.4 Å². The second-order valence-corrected chi connectivity index (χ2v) is 6.14. The first kappa shape index (κ1) is 16.5. The third kappa shape index (κ3) is 3.12. The molecule has 1 N–H and O–H groups in total. The van der Waals surface area contributed by atoms with Gasteiger partial charge in [-0.15, -0.1) is 0 Å². The Morgan fingerprint density at radius 3 is 2.75 bits per heavy atom. The maximum Gasteiger partial charge on any atom is 0.239 e. The highest BCUT2D eigenvalue weighted by atomic mass is 35.5. The number of para-hydroxylation sites is 1. The fourth-order valence-electron chi connectivity index (χ4n) is 2.71. The molecule has 124 valence electrons. The summed E-state index contributed by atoms with van der Waals surface area (Å²) in [7, 11) is 0. The Kier molecular flexibility index (Phi) is 4.53. The summed E-state index contributed by atoms with van der Waals surface area (Å²) in [6.45, 7) is 2.30. The number of hydrogen-bond donors (Lipinski definition) is 1. The fourth-order valence-corrected chi connectivity index (χ4v) is 2.89. The fraction of sp³-hybridized carbons (Fsp3) is 0.222. The van der Waals surface area contributed by atoms with Crippen molar-refractivity contribution in [3.05, 3.63) is 58.9 Å². The molecule has 1 atom stereocenters. The highest BCUT2D eigenvalue weighted by Gasteiger charge is 2.37. The van der Waals surface area contributed by atoms with Crippen LogP contribution in [0.1, 0.15) is 12.0 Å². The molecule has 4 nitrogen and oxygen atoms in total. The summed E-state index contributed by atoms with van der Waals surface area (Å²) in [5.74, 6) is -2.15. The summed E-state index contributed by atoms with van der Waals surface area (Å²) < 4.78 is 13.6. The monoisotopic (exact) mass is 346 g/mol. The standard InChI is InChI=1S/C18H16ClFN2O2/c1-11-6-7-12(10-14(11)19)22-9-8-13(18(22)24)17(23)21-16-5-3-2-4-15(16)20/h2-7,10,13H,8-9H2,1H3,(H,21,23). The molecule has 1 unspecified atom stereocenters. The van der Waals surface area contributed by atoms with Gasteiger partial charge in [0.2, 0.25) is 11.8 Å². The average molecular weight is 347 g/mol. The number of carbonyl (C=O) groups is 2. The number of carbonyl (C=O) groups excluding carboxylic acids is 2. The Balaban J connectivity index is 1.75. The molecule has 2 amide bonds. The van der Waals surface area contributed by atoms with Gasteiger partial charge in [0.15, 0.2) is 0 Å². The van der Waals surface area contributed by atoms with Crippen LogP contribution in [-0.4, -0.2) is 18.4 Å². The number of nitrogens with zero attached hydrogens (tertiary/aromatic N) is 1. The van der Waals surface area contributed by atoms with Crippen LogP contribution in [0.5, 0.6) is 0 Å². The Morgan fingerprint density at radius 2 is 2.04 bits per heavy atom. The van der Waals surface area contributed by atoms with Gasteiger partial charge in [-0.3, -0.25) is 9.59 Å². The predicted octanol–water partition coefficient (Wildman–Crippen LogP) is 3.78. The Hall–Kier alpha value is -2.40. The molecule has 0 aliphatic carbocycles. The molecule has 0 aromatic heterocycles. The molecule has 0 saturated carbocycles. The van der Waals surface area contributed by atoms with Crippen LogP contribution in [0.4, 0.5) is 15.8 Å².